The predicted octanol–water partition coefficient (Wildman–Crippen LogP) is 3.61. The Bertz CT molecular complexity index is 463. The fourth-order valence-electron chi connectivity index (χ4n) is 3.62. The molecule has 1 aromatic heterocycles. The maximum Gasteiger partial charge on any atom is 0.306 e. The third-order valence-electron chi connectivity index (χ3n) is 4.90. The van der Waals surface area contributed by atoms with Gasteiger partial charge in [0.1, 0.15) is 0 Å². The van der Waals surface area contributed by atoms with Gasteiger partial charge in [-0.05, 0) is 74.4 Å². The van der Waals surface area contributed by atoms with Gasteiger partial charge in [0.25, 0.3) is 0 Å². The van der Waals surface area contributed by atoms with Gasteiger partial charge in [0.2, 0.25) is 0 Å². The molecule has 0 amide bonds. The molecule has 0 spiro atoms. The molecule has 0 radical (unpaired) electrons. The molecule has 4 heteroatoms. The van der Waals surface area contributed by atoms with Crippen LogP contribution in [0.25, 0.3) is 0 Å². The van der Waals surface area contributed by atoms with Gasteiger partial charge < -0.3 is 10.4 Å². The zero-order valence-corrected chi connectivity index (χ0v) is 12.6. The van der Waals surface area contributed by atoms with Gasteiger partial charge in [-0.3, -0.25) is 4.79 Å². The molecule has 1 saturated carbocycles. The molecule has 0 bridgehead atoms. The summed E-state index contributed by atoms with van der Waals surface area (Å²) in [5.41, 5.74) is 1.51. The van der Waals surface area contributed by atoms with E-state index in [4.69, 9.17) is 5.11 Å². The molecule has 110 valence electrons. The van der Waals surface area contributed by atoms with E-state index in [-0.39, 0.29) is 5.92 Å². The van der Waals surface area contributed by atoms with Crippen LogP contribution in [0.3, 0.4) is 0 Å². The van der Waals surface area contributed by atoms with Gasteiger partial charge in [0.15, 0.2) is 0 Å². The number of carbonyl (C=O) groups is 1. The third kappa shape index (κ3) is 3.07. The molecule has 1 atom stereocenters. The van der Waals surface area contributed by atoms with Crippen LogP contribution in [0.4, 0.5) is 0 Å². The molecular weight excluding hydrogens is 270 g/mol. The van der Waals surface area contributed by atoms with Gasteiger partial charge in [-0.1, -0.05) is 0 Å². The zero-order chi connectivity index (χ0) is 13.9. The van der Waals surface area contributed by atoms with Crippen molar-refractivity contribution in [2.45, 2.75) is 51.0 Å². The Hall–Kier alpha value is -0.870. The van der Waals surface area contributed by atoms with Gasteiger partial charge in [0.05, 0.1) is 5.92 Å². The lowest BCUT2D eigenvalue weighted by Crippen LogP contribution is -2.32. The molecular formula is C16H23NO2S. The fraction of sp³-hybridized carbons (Fsp3) is 0.688. The van der Waals surface area contributed by atoms with E-state index in [1.807, 2.05) is 11.3 Å². The van der Waals surface area contributed by atoms with Crippen molar-refractivity contribution in [3.05, 3.63) is 21.9 Å². The Morgan fingerprint density at radius 2 is 2.10 bits per heavy atom. The van der Waals surface area contributed by atoms with Gasteiger partial charge >= 0.3 is 5.97 Å². The molecule has 1 heterocycles. The summed E-state index contributed by atoms with van der Waals surface area (Å²) in [7, 11) is 0. The highest BCUT2D eigenvalue weighted by molar-refractivity contribution is 7.10. The number of carboxylic acid groups (broad SMARTS) is 1. The lowest BCUT2D eigenvalue weighted by atomic mass is 9.81. The number of aliphatic carboxylic acids is 1. The summed E-state index contributed by atoms with van der Waals surface area (Å²) in [6, 6.07) is 2.81. The minimum Gasteiger partial charge on any atom is -0.481 e. The van der Waals surface area contributed by atoms with E-state index in [0.717, 1.165) is 32.2 Å². The van der Waals surface area contributed by atoms with Crippen LogP contribution >= 0.6 is 11.3 Å². The number of thiophene rings is 1. The number of hydrogen-bond acceptors (Lipinski definition) is 3. The van der Waals surface area contributed by atoms with Crippen LogP contribution in [0, 0.1) is 11.8 Å². The Morgan fingerprint density at radius 1 is 1.30 bits per heavy atom. The SMILES string of the molecule is O=C(O)C1CCC(CNC2CCCc3sccc32)CC1. The summed E-state index contributed by atoms with van der Waals surface area (Å²) in [6.45, 7) is 1.05. The van der Waals surface area contributed by atoms with Crippen molar-refractivity contribution >= 4 is 17.3 Å². The summed E-state index contributed by atoms with van der Waals surface area (Å²) >= 11 is 1.89. The molecule has 2 aliphatic rings. The maximum atomic E-state index is 11.0. The van der Waals surface area contributed by atoms with E-state index >= 15 is 0 Å². The van der Waals surface area contributed by atoms with Crippen LogP contribution < -0.4 is 5.32 Å². The topological polar surface area (TPSA) is 49.3 Å². The minimum atomic E-state index is -0.605. The molecule has 2 aliphatic carbocycles. The van der Waals surface area contributed by atoms with Crippen molar-refractivity contribution in [3.8, 4) is 0 Å². The first-order valence-electron chi connectivity index (χ1n) is 7.76. The molecule has 0 aromatic carbocycles. The van der Waals surface area contributed by atoms with Crippen molar-refractivity contribution < 1.29 is 9.90 Å². The van der Waals surface area contributed by atoms with Crippen molar-refractivity contribution in [2.24, 2.45) is 11.8 Å². The second kappa shape index (κ2) is 6.27. The Morgan fingerprint density at radius 3 is 2.85 bits per heavy atom. The Labute approximate surface area is 124 Å². The number of rotatable bonds is 4. The summed E-state index contributed by atoms with van der Waals surface area (Å²) in [5, 5.41) is 15.0. The zero-order valence-electron chi connectivity index (χ0n) is 11.8. The number of aryl methyl sites for hydroxylation is 1. The Kier molecular flexibility index (Phi) is 4.41. The second-order valence-corrected chi connectivity index (χ2v) is 7.21. The third-order valence-corrected chi connectivity index (χ3v) is 5.90. The van der Waals surface area contributed by atoms with Crippen LogP contribution in [0.5, 0.6) is 0 Å². The van der Waals surface area contributed by atoms with E-state index in [1.54, 1.807) is 4.88 Å². The van der Waals surface area contributed by atoms with E-state index in [1.165, 1.54) is 24.8 Å². The first-order valence-corrected chi connectivity index (χ1v) is 8.64. The van der Waals surface area contributed by atoms with Gasteiger partial charge in [0, 0.05) is 10.9 Å². The fourth-order valence-corrected chi connectivity index (χ4v) is 4.61. The quantitative estimate of drug-likeness (QED) is 0.891. The molecule has 2 N–H and O–H groups in total. The lowest BCUT2D eigenvalue weighted by Gasteiger charge is -2.30. The summed E-state index contributed by atoms with van der Waals surface area (Å²) in [6.07, 6.45) is 7.62. The lowest BCUT2D eigenvalue weighted by molar-refractivity contribution is -0.143. The largest absolute Gasteiger partial charge is 0.481 e. The molecule has 0 aliphatic heterocycles. The first-order chi connectivity index (χ1) is 9.74. The number of carboxylic acids is 1. The predicted molar refractivity (Wildman–Crippen MR) is 81.1 cm³/mol. The van der Waals surface area contributed by atoms with Crippen LogP contribution in [0.1, 0.15) is 55.0 Å². The number of fused-ring (bicyclic) bond motifs is 1. The number of hydrogen-bond donors (Lipinski definition) is 2. The molecule has 20 heavy (non-hydrogen) atoms. The highest BCUT2D eigenvalue weighted by Gasteiger charge is 2.27. The van der Waals surface area contributed by atoms with E-state index in [9.17, 15) is 4.79 Å². The number of nitrogens with one attached hydrogen (secondary N) is 1. The van der Waals surface area contributed by atoms with Crippen LogP contribution in [0.2, 0.25) is 0 Å². The molecule has 3 rings (SSSR count). The van der Waals surface area contributed by atoms with Gasteiger partial charge in [-0.2, -0.15) is 0 Å². The van der Waals surface area contributed by atoms with E-state index in [2.05, 4.69) is 16.8 Å². The summed E-state index contributed by atoms with van der Waals surface area (Å²) < 4.78 is 0. The Balaban J connectivity index is 1.48. The smallest absolute Gasteiger partial charge is 0.306 e. The standard InChI is InChI=1S/C16H23NO2S/c18-16(19)12-6-4-11(5-7-12)10-17-14-2-1-3-15-13(14)8-9-20-15/h8-9,11-12,14,17H,1-7,10H2,(H,18,19). The summed E-state index contributed by atoms with van der Waals surface area (Å²) in [5.74, 6) is -0.0365. The van der Waals surface area contributed by atoms with Crippen LogP contribution in [0.15, 0.2) is 11.4 Å². The van der Waals surface area contributed by atoms with Crippen molar-refractivity contribution in [3.63, 3.8) is 0 Å². The normalized spacial score (nSPS) is 29.9. The van der Waals surface area contributed by atoms with Crippen LogP contribution in [-0.4, -0.2) is 17.6 Å². The van der Waals surface area contributed by atoms with Crippen LogP contribution in [-0.2, 0) is 11.2 Å². The molecule has 3 nitrogen and oxygen atoms in total. The van der Waals surface area contributed by atoms with Gasteiger partial charge in [-0.15, -0.1) is 11.3 Å². The molecule has 0 saturated heterocycles. The average molecular weight is 293 g/mol. The van der Waals surface area contributed by atoms with E-state index < -0.39 is 5.97 Å². The van der Waals surface area contributed by atoms with Crippen molar-refractivity contribution in [1.82, 2.24) is 5.32 Å². The van der Waals surface area contributed by atoms with E-state index in [0.29, 0.717) is 12.0 Å². The van der Waals surface area contributed by atoms with Crippen molar-refractivity contribution in [2.75, 3.05) is 6.54 Å². The average Bonchev–Trinajstić information content (AvgIpc) is 2.94. The first kappa shape index (κ1) is 14.1. The maximum absolute atomic E-state index is 11.0. The van der Waals surface area contributed by atoms with Gasteiger partial charge in [-0.25, -0.2) is 0 Å². The molecule has 1 unspecified atom stereocenters. The highest BCUT2D eigenvalue weighted by atomic mass is 32.1. The molecule has 1 aromatic rings. The minimum absolute atomic E-state index is 0.0931. The highest BCUT2D eigenvalue weighted by Crippen LogP contribution is 2.34. The molecule has 1 fully saturated rings. The summed E-state index contributed by atoms with van der Waals surface area (Å²) in [4.78, 5) is 12.5. The van der Waals surface area contributed by atoms with Crippen molar-refractivity contribution in [1.29, 1.82) is 0 Å². The second-order valence-electron chi connectivity index (χ2n) is 6.21. The monoisotopic (exact) mass is 293 g/mol.